The van der Waals surface area contributed by atoms with E-state index in [1.54, 1.807) is 0 Å². The number of fused-ring (bicyclic) bond motifs is 3. The molecule has 1 saturated carbocycles. The summed E-state index contributed by atoms with van der Waals surface area (Å²) in [5, 5.41) is 0. The summed E-state index contributed by atoms with van der Waals surface area (Å²) in [5.41, 5.74) is 1.31. The minimum Gasteiger partial charge on any atom is -0.468 e. The van der Waals surface area contributed by atoms with E-state index in [9.17, 15) is 9.59 Å². The van der Waals surface area contributed by atoms with Crippen molar-refractivity contribution < 1.29 is 19.1 Å². The van der Waals surface area contributed by atoms with Gasteiger partial charge in [0.2, 0.25) is 0 Å². The molecule has 2 aliphatic rings. The third-order valence-corrected chi connectivity index (χ3v) is 7.03. The first-order valence-corrected chi connectivity index (χ1v) is 10.1. The first-order chi connectivity index (χ1) is 14.4. The Balaban J connectivity index is 1.97. The van der Waals surface area contributed by atoms with Crippen molar-refractivity contribution in [3.63, 3.8) is 0 Å². The lowest BCUT2D eigenvalue weighted by atomic mass is 9.71. The average Bonchev–Trinajstić information content (AvgIpc) is 3.20. The molecule has 1 heterocycles. The van der Waals surface area contributed by atoms with Gasteiger partial charge in [-0.05, 0) is 29.5 Å². The fourth-order valence-electron chi connectivity index (χ4n) is 5.76. The van der Waals surface area contributed by atoms with Crippen LogP contribution in [0.4, 0.5) is 5.69 Å². The molecule has 0 radical (unpaired) electrons. The van der Waals surface area contributed by atoms with Crippen LogP contribution in [0.1, 0.15) is 24.5 Å². The number of rotatable bonds is 5. The Hall–Kier alpha value is -3.08. The number of methoxy groups -OCH3 is 2. The first-order valence-electron chi connectivity index (χ1n) is 10.1. The highest BCUT2D eigenvalue weighted by Gasteiger charge is 2.72. The molecular formula is C25H27NO4. The van der Waals surface area contributed by atoms with Gasteiger partial charge in [-0.2, -0.15) is 0 Å². The number of anilines is 1. The van der Waals surface area contributed by atoms with E-state index < -0.39 is 28.8 Å². The van der Waals surface area contributed by atoms with Gasteiger partial charge in [-0.25, -0.2) is 0 Å². The van der Waals surface area contributed by atoms with Crippen molar-refractivity contribution in [3.8, 4) is 0 Å². The van der Waals surface area contributed by atoms with Crippen molar-refractivity contribution in [1.82, 2.24) is 0 Å². The normalized spacial score (nSPS) is 25.9. The van der Waals surface area contributed by atoms with E-state index in [0.29, 0.717) is 13.0 Å². The van der Waals surface area contributed by atoms with Crippen LogP contribution >= 0.6 is 0 Å². The summed E-state index contributed by atoms with van der Waals surface area (Å²) in [5.74, 6) is -1.20. The lowest BCUT2D eigenvalue weighted by Gasteiger charge is -2.40. The zero-order valence-corrected chi connectivity index (χ0v) is 17.6. The van der Waals surface area contributed by atoms with E-state index >= 15 is 0 Å². The number of carbonyl (C=O) groups excluding carboxylic acids is 2. The maximum Gasteiger partial charge on any atom is 0.325 e. The molecule has 0 unspecified atom stereocenters. The molecule has 2 aromatic rings. The quantitative estimate of drug-likeness (QED) is 0.429. The molecule has 1 aliphatic carbocycles. The number of para-hydroxylation sites is 1. The third kappa shape index (κ3) is 2.54. The Morgan fingerprint density at radius 1 is 1.07 bits per heavy atom. The standard InChI is InChI=1S/C25H27NO4/c1-5-18-15-25(22(27)29-3,23(28)30-4)21-24(18,2)19-13-9-10-14-20(19)26(21)16-17-11-7-6-8-12-17/h5-14,18,21H,1,15-16H2,2-4H3/t18-,21-,24+/m1/s1. The van der Waals surface area contributed by atoms with E-state index in [1.165, 1.54) is 14.2 Å². The number of allylic oxidation sites excluding steroid dienone is 1. The number of benzene rings is 2. The lowest BCUT2D eigenvalue weighted by molar-refractivity contribution is -0.170. The van der Waals surface area contributed by atoms with E-state index in [4.69, 9.17) is 9.47 Å². The highest BCUT2D eigenvalue weighted by molar-refractivity contribution is 6.03. The van der Waals surface area contributed by atoms with E-state index in [1.807, 2.05) is 36.4 Å². The molecule has 5 heteroatoms. The van der Waals surface area contributed by atoms with Crippen LogP contribution in [0.25, 0.3) is 0 Å². The van der Waals surface area contributed by atoms with Gasteiger partial charge in [0, 0.05) is 17.6 Å². The summed E-state index contributed by atoms with van der Waals surface area (Å²) in [7, 11) is 2.66. The Morgan fingerprint density at radius 3 is 2.27 bits per heavy atom. The fraction of sp³-hybridized carbons (Fsp3) is 0.360. The van der Waals surface area contributed by atoms with Crippen LogP contribution < -0.4 is 4.90 Å². The van der Waals surface area contributed by atoms with Gasteiger partial charge in [-0.15, -0.1) is 6.58 Å². The second-order valence-electron chi connectivity index (χ2n) is 8.32. The van der Waals surface area contributed by atoms with E-state index in [-0.39, 0.29) is 5.92 Å². The number of carbonyl (C=O) groups is 2. The Morgan fingerprint density at radius 2 is 1.67 bits per heavy atom. The van der Waals surface area contributed by atoms with Crippen LogP contribution in [0, 0.1) is 11.3 Å². The van der Waals surface area contributed by atoms with Crippen molar-refractivity contribution in [3.05, 3.63) is 78.4 Å². The lowest BCUT2D eigenvalue weighted by Crippen LogP contribution is -2.57. The molecule has 0 saturated heterocycles. The summed E-state index contributed by atoms with van der Waals surface area (Å²) in [6.45, 7) is 6.74. The predicted octanol–water partition coefficient (Wildman–Crippen LogP) is 3.87. The Bertz CT molecular complexity index is 970. The second-order valence-corrected chi connectivity index (χ2v) is 8.32. The number of ether oxygens (including phenoxy) is 2. The molecule has 30 heavy (non-hydrogen) atoms. The summed E-state index contributed by atoms with van der Waals surface area (Å²) in [6.07, 6.45) is 2.17. The van der Waals surface area contributed by atoms with E-state index in [0.717, 1.165) is 16.8 Å². The highest BCUT2D eigenvalue weighted by Crippen LogP contribution is 2.64. The van der Waals surface area contributed by atoms with Crippen LogP contribution in [-0.4, -0.2) is 32.2 Å². The monoisotopic (exact) mass is 405 g/mol. The fourth-order valence-corrected chi connectivity index (χ4v) is 5.76. The zero-order valence-electron chi connectivity index (χ0n) is 17.6. The van der Waals surface area contributed by atoms with E-state index in [2.05, 4.69) is 42.7 Å². The maximum absolute atomic E-state index is 13.2. The Labute approximate surface area is 177 Å². The summed E-state index contributed by atoms with van der Waals surface area (Å²) in [6, 6.07) is 17.7. The van der Waals surface area contributed by atoms with Crippen LogP contribution in [0.5, 0.6) is 0 Å². The number of hydrogen-bond acceptors (Lipinski definition) is 5. The van der Waals surface area contributed by atoms with Crippen LogP contribution in [0.15, 0.2) is 67.3 Å². The molecule has 5 nitrogen and oxygen atoms in total. The van der Waals surface area contributed by atoms with Crippen molar-refractivity contribution in [2.45, 2.75) is 31.3 Å². The molecule has 1 aliphatic heterocycles. The molecule has 3 atom stereocenters. The molecule has 0 amide bonds. The molecule has 4 rings (SSSR count). The predicted molar refractivity (Wildman–Crippen MR) is 115 cm³/mol. The van der Waals surface area contributed by atoms with Crippen molar-refractivity contribution in [2.75, 3.05) is 19.1 Å². The zero-order chi connectivity index (χ0) is 21.5. The molecular weight excluding hydrogens is 378 g/mol. The van der Waals surface area contributed by atoms with Crippen molar-refractivity contribution in [2.24, 2.45) is 11.3 Å². The molecule has 156 valence electrons. The summed E-state index contributed by atoms with van der Waals surface area (Å²) >= 11 is 0. The third-order valence-electron chi connectivity index (χ3n) is 7.03. The summed E-state index contributed by atoms with van der Waals surface area (Å²) < 4.78 is 10.4. The second kappa shape index (κ2) is 7.31. The molecule has 0 spiro atoms. The molecule has 0 bridgehead atoms. The van der Waals surface area contributed by atoms with Gasteiger partial charge in [0.05, 0.1) is 20.3 Å². The largest absolute Gasteiger partial charge is 0.468 e. The molecule has 1 fully saturated rings. The number of esters is 2. The van der Waals surface area contributed by atoms with Gasteiger partial charge in [0.15, 0.2) is 5.41 Å². The Kier molecular flexibility index (Phi) is 4.92. The van der Waals surface area contributed by atoms with Crippen LogP contribution in [-0.2, 0) is 31.0 Å². The molecule has 0 N–H and O–H groups in total. The minimum atomic E-state index is -1.44. The average molecular weight is 405 g/mol. The highest BCUT2D eigenvalue weighted by atomic mass is 16.5. The first kappa shape index (κ1) is 20.2. The van der Waals surface area contributed by atoms with Crippen molar-refractivity contribution in [1.29, 1.82) is 0 Å². The SMILES string of the molecule is C=C[C@@H]1CC(C(=O)OC)(C(=O)OC)[C@@H]2N(Cc3ccccc3)c3ccccc3[C@]12C. The molecule has 2 aromatic carbocycles. The smallest absolute Gasteiger partial charge is 0.325 e. The molecule has 0 aromatic heterocycles. The van der Waals surface area contributed by atoms with Crippen molar-refractivity contribution >= 4 is 17.6 Å². The van der Waals surface area contributed by atoms with Gasteiger partial charge in [0.1, 0.15) is 0 Å². The number of hydrogen-bond donors (Lipinski definition) is 0. The van der Waals surface area contributed by atoms with Gasteiger partial charge < -0.3 is 14.4 Å². The maximum atomic E-state index is 13.2. The van der Waals surface area contributed by atoms with Gasteiger partial charge in [0.25, 0.3) is 0 Å². The van der Waals surface area contributed by atoms with Crippen LogP contribution in [0.2, 0.25) is 0 Å². The van der Waals surface area contributed by atoms with Gasteiger partial charge in [-0.1, -0.05) is 61.5 Å². The number of nitrogens with zero attached hydrogens (tertiary/aromatic N) is 1. The summed E-state index contributed by atoms with van der Waals surface area (Å²) in [4.78, 5) is 28.7. The van der Waals surface area contributed by atoms with Crippen LogP contribution in [0.3, 0.4) is 0 Å². The minimum absolute atomic E-state index is 0.0948. The topological polar surface area (TPSA) is 55.8 Å². The van der Waals surface area contributed by atoms with Gasteiger partial charge in [-0.3, -0.25) is 9.59 Å². The van der Waals surface area contributed by atoms with Gasteiger partial charge >= 0.3 is 11.9 Å².